The van der Waals surface area contributed by atoms with Crippen LogP contribution in [0.5, 0.6) is 0 Å². The van der Waals surface area contributed by atoms with Crippen LogP contribution in [0.15, 0.2) is 91.0 Å². The van der Waals surface area contributed by atoms with Crippen molar-refractivity contribution in [2.75, 3.05) is 11.9 Å². The van der Waals surface area contributed by atoms with E-state index in [0.717, 1.165) is 0 Å². The number of hydrogen-bond acceptors (Lipinski definition) is 1. The maximum Gasteiger partial charge on any atom is 0.0408 e. The summed E-state index contributed by atoms with van der Waals surface area (Å²) in [6.07, 6.45) is 0. The maximum absolute atomic E-state index is 2.26. The largest absolute Gasteiger partial charge is 0.345 e. The van der Waals surface area contributed by atoms with Gasteiger partial charge in [0.15, 0.2) is 0 Å². The van der Waals surface area contributed by atoms with Crippen LogP contribution < -0.4 is 4.90 Å². The summed E-state index contributed by atoms with van der Waals surface area (Å²) in [5, 5.41) is 2.56. The van der Waals surface area contributed by atoms with Crippen molar-refractivity contribution >= 4 is 22.1 Å². The predicted molar refractivity (Wildman–Crippen MR) is 123 cm³/mol. The standard InChI is InChI=1S/C27H27N/c1-27(2,3)24-13-17-26(18-14-24)28(4)25-15-11-21(12-16-25)23-10-9-20-7-5-6-8-22(20)19-23/h5-19H,1-4H3. The minimum atomic E-state index is 0.179. The minimum Gasteiger partial charge on any atom is -0.345 e. The van der Waals surface area contributed by atoms with Crippen molar-refractivity contribution in [3.05, 3.63) is 96.6 Å². The highest BCUT2D eigenvalue weighted by Gasteiger charge is 2.13. The smallest absolute Gasteiger partial charge is 0.0408 e. The first kappa shape index (κ1) is 18.3. The van der Waals surface area contributed by atoms with E-state index in [1.54, 1.807) is 0 Å². The van der Waals surface area contributed by atoms with Gasteiger partial charge in [0.25, 0.3) is 0 Å². The summed E-state index contributed by atoms with van der Waals surface area (Å²) in [4.78, 5) is 2.23. The van der Waals surface area contributed by atoms with Crippen LogP contribution >= 0.6 is 0 Å². The summed E-state index contributed by atoms with van der Waals surface area (Å²) >= 11 is 0. The second kappa shape index (κ2) is 7.16. The Morgan fingerprint density at radius 3 is 1.71 bits per heavy atom. The van der Waals surface area contributed by atoms with Gasteiger partial charge in [0, 0.05) is 18.4 Å². The number of benzene rings is 4. The molecule has 0 amide bonds. The first-order valence-electron chi connectivity index (χ1n) is 9.85. The Kier molecular flexibility index (Phi) is 4.68. The fourth-order valence-corrected chi connectivity index (χ4v) is 3.58. The van der Waals surface area contributed by atoms with E-state index < -0.39 is 0 Å². The normalized spacial score (nSPS) is 11.6. The summed E-state index contributed by atoms with van der Waals surface area (Å²) in [6, 6.07) is 32.8. The summed E-state index contributed by atoms with van der Waals surface area (Å²) in [6.45, 7) is 6.74. The lowest BCUT2D eigenvalue weighted by atomic mass is 9.87. The third-order valence-electron chi connectivity index (χ3n) is 5.46. The Balaban J connectivity index is 1.58. The second-order valence-corrected chi connectivity index (χ2v) is 8.46. The molecule has 0 radical (unpaired) electrons. The van der Waals surface area contributed by atoms with Crippen LogP contribution in [0.1, 0.15) is 26.3 Å². The highest BCUT2D eigenvalue weighted by Crippen LogP contribution is 2.30. The van der Waals surface area contributed by atoms with E-state index in [4.69, 9.17) is 0 Å². The lowest BCUT2D eigenvalue weighted by Crippen LogP contribution is -2.12. The molecular weight excluding hydrogens is 338 g/mol. The molecule has 0 heterocycles. The van der Waals surface area contributed by atoms with Crippen molar-refractivity contribution in [2.45, 2.75) is 26.2 Å². The van der Waals surface area contributed by atoms with Gasteiger partial charge in [-0.15, -0.1) is 0 Å². The molecule has 0 aliphatic rings. The SMILES string of the molecule is CN(c1ccc(-c2ccc3ccccc3c2)cc1)c1ccc(C(C)(C)C)cc1. The summed E-state index contributed by atoms with van der Waals surface area (Å²) in [5.74, 6) is 0. The van der Waals surface area contributed by atoms with Gasteiger partial charge in [0.05, 0.1) is 0 Å². The molecule has 0 saturated heterocycles. The maximum atomic E-state index is 2.26. The number of nitrogens with zero attached hydrogens (tertiary/aromatic N) is 1. The summed E-state index contributed by atoms with van der Waals surface area (Å²) < 4.78 is 0. The first-order chi connectivity index (χ1) is 13.4. The van der Waals surface area contributed by atoms with Gasteiger partial charge in [-0.2, -0.15) is 0 Å². The third kappa shape index (κ3) is 3.66. The first-order valence-corrected chi connectivity index (χ1v) is 9.85. The minimum absolute atomic E-state index is 0.179. The van der Waals surface area contributed by atoms with Crippen molar-refractivity contribution in [2.24, 2.45) is 0 Å². The molecule has 0 N–H and O–H groups in total. The van der Waals surface area contributed by atoms with Crippen LogP contribution in [0.2, 0.25) is 0 Å². The Morgan fingerprint density at radius 2 is 1.11 bits per heavy atom. The number of fused-ring (bicyclic) bond motifs is 1. The zero-order valence-corrected chi connectivity index (χ0v) is 17.1. The van der Waals surface area contributed by atoms with E-state index in [2.05, 4.69) is 124 Å². The molecule has 4 aromatic rings. The van der Waals surface area contributed by atoms with Crippen LogP contribution in [0.25, 0.3) is 21.9 Å². The third-order valence-corrected chi connectivity index (χ3v) is 5.46. The zero-order chi connectivity index (χ0) is 19.7. The molecular formula is C27H27N. The van der Waals surface area contributed by atoms with Gasteiger partial charge >= 0.3 is 0 Å². The van der Waals surface area contributed by atoms with Crippen molar-refractivity contribution in [3.63, 3.8) is 0 Å². The molecule has 1 heteroatoms. The number of hydrogen-bond donors (Lipinski definition) is 0. The lowest BCUT2D eigenvalue weighted by molar-refractivity contribution is 0.590. The molecule has 0 unspecified atom stereocenters. The molecule has 0 aliphatic carbocycles. The molecule has 28 heavy (non-hydrogen) atoms. The van der Waals surface area contributed by atoms with Crippen LogP contribution in [0.4, 0.5) is 11.4 Å². The van der Waals surface area contributed by atoms with Crippen molar-refractivity contribution in [1.82, 2.24) is 0 Å². The topological polar surface area (TPSA) is 3.24 Å². The van der Waals surface area contributed by atoms with Crippen molar-refractivity contribution < 1.29 is 0 Å². The predicted octanol–water partition coefficient (Wildman–Crippen LogP) is 7.57. The van der Waals surface area contributed by atoms with Gasteiger partial charge in [-0.05, 0) is 63.2 Å². The van der Waals surface area contributed by atoms with Gasteiger partial charge in [0.1, 0.15) is 0 Å². The van der Waals surface area contributed by atoms with Gasteiger partial charge < -0.3 is 4.90 Å². The van der Waals surface area contributed by atoms with Gasteiger partial charge in [0.2, 0.25) is 0 Å². The molecule has 0 spiro atoms. The highest BCUT2D eigenvalue weighted by molar-refractivity contribution is 5.87. The van der Waals surface area contributed by atoms with Gasteiger partial charge in [-0.1, -0.05) is 81.4 Å². The highest BCUT2D eigenvalue weighted by atomic mass is 15.1. The quantitative estimate of drug-likeness (QED) is 0.362. The molecule has 0 atom stereocenters. The van der Waals surface area contributed by atoms with Crippen LogP contribution in [-0.4, -0.2) is 7.05 Å². The van der Waals surface area contributed by atoms with E-state index in [1.807, 2.05) is 0 Å². The van der Waals surface area contributed by atoms with E-state index >= 15 is 0 Å². The average molecular weight is 366 g/mol. The van der Waals surface area contributed by atoms with Crippen LogP contribution in [-0.2, 0) is 5.41 Å². The molecule has 0 aromatic heterocycles. The monoisotopic (exact) mass is 365 g/mol. The Morgan fingerprint density at radius 1 is 0.571 bits per heavy atom. The molecule has 0 saturated carbocycles. The van der Waals surface area contributed by atoms with Gasteiger partial charge in [-0.3, -0.25) is 0 Å². The van der Waals surface area contributed by atoms with Gasteiger partial charge in [-0.25, -0.2) is 0 Å². The van der Waals surface area contributed by atoms with Crippen molar-refractivity contribution in [3.8, 4) is 11.1 Å². The zero-order valence-electron chi connectivity index (χ0n) is 17.1. The van der Waals surface area contributed by atoms with Crippen LogP contribution in [0.3, 0.4) is 0 Å². The molecule has 0 fully saturated rings. The molecule has 0 aliphatic heterocycles. The summed E-state index contributed by atoms with van der Waals surface area (Å²) in [5.41, 5.74) is 6.42. The number of anilines is 2. The molecule has 140 valence electrons. The average Bonchev–Trinajstić information content (AvgIpc) is 2.72. The molecule has 4 rings (SSSR count). The van der Waals surface area contributed by atoms with Crippen LogP contribution in [0, 0.1) is 0 Å². The molecule has 4 aromatic carbocycles. The fourth-order valence-electron chi connectivity index (χ4n) is 3.58. The van der Waals surface area contributed by atoms with E-state index in [9.17, 15) is 0 Å². The number of rotatable bonds is 3. The summed E-state index contributed by atoms with van der Waals surface area (Å²) in [7, 11) is 2.12. The van der Waals surface area contributed by atoms with E-state index in [1.165, 1.54) is 38.8 Å². The lowest BCUT2D eigenvalue weighted by Gasteiger charge is -2.23. The second-order valence-electron chi connectivity index (χ2n) is 8.46. The Hall–Kier alpha value is -3.06. The fraction of sp³-hybridized carbons (Fsp3) is 0.185. The molecule has 1 nitrogen and oxygen atoms in total. The van der Waals surface area contributed by atoms with Crippen molar-refractivity contribution in [1.29, 1.82) is 0 Å². The van der Waals surface area contributed by atoms with E-state index in [-0.39, 0.29) is 5.41 Å². The Bertz CT molecular complexity index is 1080. The molecule has 0 bridgehead atoms. The van der Waals surface area contributed by atoms with E-state index in [0.29, 0.717) is 0 Å². The Labute approximate surface area is 168 Å².